The molecule has 53 heavy (non-hydrogen) atoms. The summed E-state index contributed by atoms with van der Waals surface area (Å²) < 4.78 is 175. The number of carbonyl (C=O) groups is 1. The molecule has 0 bridgehead atoms. The minimum atomic E-state index is -5.13. The molecule has 0 radical (unpaired) electrons. The molecule has 0 aromatic heterocycles. The number of rotatable bonds is 17. The molecule has 0 fully saturated rings. The van der Waals surface area contributed by atoms with Crippen LogP contribution < -0.4 is 14.8 Å². The van der Waals surface area contributed by atoms with Crippen LogP contribution in [0.25, 0.3) is 0 Å². The number of nitrogens with one attached hydrogen (secondary N) is 1. The zero-order valence-electron chi connectivity index (χ0n) is 27.7. The van der Waals surface area contributed by atoms with Crippen LogP contribution in [0.1, 0.15) is 53.7 Å². The molecule has 0 heterocycles. The molecule has 3 aromatic carbocycles. The lowest BCUT2D eigenvalue weighted by molar-refractivity contribution is -0.253. The van der Waals surface area contributed by atoms with E-state index in [1.54, 1.807) is 0 Å². The van der Waals surface area contributed by atoms with Gasteiger partial charge in [0, 0.05) is 12.6 Å². The number of esters is 1. The molecule has 0 aliphatic carbocycles. The van der Waals surface area contributed by atoms with Crippen molar-refractivity contribution in [1.29, 1.82) is 0 Å². The van der Waals surface area contributed by atoms with E-state index in [0.717, 1.165) is 30.3 Å². The van der Waals surface area contributed by atoms with Gasteiger partial charge >= 0.3 is 30.9 Å². The molecule has 3 N–H and O–H groups in total. The zero-order valence-corrected chi connectivity index (χ0v) is 27.7. The molecule has 0 unspecified atom stereocenters. The summed E-state index contributed by atoms with van der Waals surface area (Å²) in [5, 5.41) is 22.5. The smallest absolute Gasteiger partial charge is 0.461 e. The summed E-state index contributed by atoms with van der Waals surface area (Å²) in [5.41, 5.74) is -2.87. The molecule has 0 saturated carbocycles. The van der Waals surface area contributed by atoms with Crippen molar-refractivity contribution in [1.82, 2.24) is 5.32 Å². The van der Waals surface area contributed by atoms with Crippen molar-refractivity contribution >= 4 is 5.97 Å². The standard InChI is InChI=1S/C34H33F12NO6/c1-18(2)52-28-11-21(7-8-27(28)36)31(47-16-24(48)14-32(39,40)41,22-9-23(35)12-26(10-22)53-34(45,46)30(37)38)13-19-3-5-20(6-4-19)29(50)51-17-25(49)15-33(42,43)44/h3-12,18,24-25,30,47-49H,13-17H2,1-2H3/t24-,25-,31-/m0/s1. The number of alkyl halides is 10. The van der Waals surface area contributed by atoms with Crippen LogP contribution in [0.2, 0.25) is 0 Å². The van der Waals surface area contributed by atoms with E-state index < -0.39 is 116 Å². The molecule has 0 saturated heterocycles. The number of hydrogen-bond acceptors (Lipinski definition) is 7. The van der Waals surface area contributed by atoms with Crippen LogP contribution in [0.5, 0.6) is 11.5 Å². The van der Waals surface area contributed by atoms with Crippen LogP contribution in [-0.4, -0.2) is 72.5 Å². The molecule has 0 spiro atoms. The molecule has 0 aliphatic rings. The second-order valence-corrected chi connectivity index (χ2v) is 12.2. The second kappa shape index (κ2) is 17.3. The van der Waals surface area contributed by atoms with E-state index >= 15 is 4.39 Å². The highest BCUT2D eigenvalue weighted by Crippen LogP contribution is 2.40. The van der Waals surface area contributed by atoms with Gasteiger partial charge in [-0.25, -0.2) is 13.6 Å². The summed E-state index contributed by atoms with van der Waals surface area (Å²) in [4.78, 5) is 12.5. The lowest BCUT2D eigenvalue weighted by Crippen LogP contribution is -2.49. The Morgan fingerprint density at radius 1 is 0.792 bits per heavy atom. The van der Waals surface area contributed by atoms with Crippen molar-refractivity contribution in [2.24, 2.45) is 0 Å². The fraction of sp³-hybridized carbons (Fsp3) is 0.441. The first kappa shape index (κ1) is 43.2. The quantitative estimate of drug-likeness (QED) is 0.0950. The number of carbonyl (C=O) groups excluding carboxylic acids is 1. The maximum atomic E-state index is 15.1. The Morgan fingerprint density at radius 2 is 1.40 bits per heavy atom. The van der Waals surface area contributed by atoms with Gasteiger partial charge in [0.2, 0.25) is 0 Å². The fourth-order valence-corrected chi connectivity index (χ4v) is 5.10. The van der Waals surface area contributed by atoms with Gasteiger partial charge in [-0.05, 0) is 73.4 Å². The maximum absolute atomic E-state index is 15.1. The first-order valence-corrected chi connectivity index (χ1v) is 15.5. The molecule has 0 aliphatic heterocycles. The minimum Gasteiger partial charge on any atom is -0.488 e. The Morgan fingerprint density at radius 3 is 1.96 bits per heavy atom. The molecule has 0 amide bonds. The maximum Gasteiger partial charge on any atom is 0.461 e. The van der Waals surface area contributed by atoms with Crippen molar-refractivity contribution in [3.63, 3.8) is 0 Å². The van der Waals surface area contributed by atoms with Crippen molar-refractivity contribution in [3.05, 3.63) is 94.6 Å². The molecular formula is C34H33F12NO6. The number of benzene rings is 3. The first-order valence-electron chi connectivity index (χ1n) is 15.5. The number of aliphatic hydroxyl groups is 2. The predicted molar refractivity (Wildman–Crippen MR) is 163 cm³/mol. The van der Waals surface area contributed by atoms with Gasteiger partial charge in [-0.1, -0.05) is 18.2 Å². The lowest BCUT2D eigenvalue weighted by atomic mass is 9.77. The van der Waals surface area contributed by atoms with E-state index in [1.807, 2.05) is 0 Å². The summed E-state index contributed by atoms with van der Waals surface area (Å²) >= 11 is 0. The Balaban J connectivity index is 2.19. The van der Waals surface area contributed by atoms with Gasteiger partial charge in [0.25, 0.3) is 0 Å². The van der Waals surface area contributed by atoms with Gasteiger partial charge < -0.3 is 29.7 Å². The van der Waals surface area contributed by atoms with Crippen molar-refractivity contribution in [2.45, 2.75) is 81.8 Å². The van der Waals surface area contributed by atoms with Crippen LogP contribution in [0.3, 0.4) is 0 Å². The Bertz CT molecular complexity index is 1670. The Kier molecular flexibility index (Phi) is 14.1. The van der Waals surface area contributed by atoms with E-state index in [-0.39, 0.29) is 16.7 Å². The van der Waals surface area contributed by atoms with Crippen LogP contribution in [0.15, 0.2) is 60.7 Å². The summed E-state index contributed by atoms with van der Waals surface area (Å²) in [6.45, 7) is 1.08. The normalized spacial score (nSPS) is 14.9. The topological polar surface area (TPSA) is 97.3 Å². The second-order valence-electron chi connectivity index (χ2n) is 12.2. The number of aliphatic hydroxyl groups excluding tert-OH is 2. The molecule has 3 atom stereocenters. The Hall–Kier alpha value is -4.23. The van der Waals surface area contributed by atoms with E-state index in [9.17, 15) is 63.3 Å². The van der Waals surface area contributed by atoms with E-state index in [1.165, 1.54) is 26.0 Å². The highest BCUT2D eigenvalue weighted by Gasteiger charge is 2.45. The van der Waals surface area contributed by atoms with Crippen molar-refractivity contribution in [3.8, 4) is 11.5 Å². The third-order valence-corrected chi connectivity index (χ3v) is 7.30. The molecule has 7 nitrogen and oxygen atoms in total. The number of hydrogen-bond donors (Lipinski definition) is 3. The molecular weight excluding hydrogens is 746 g/mol. The third-order valence-electron chi connectivity index (χ3n) is 7.30. The van der Waals surface area contributed by atoms with Gasteiger partial charge in [-0.3, -0.25) is 0 Å². The highest BCUT2D eigenvalue weighted by atomic mass is 19.4. The molecule has 19 heteroatoms. The van der Waals surface area contributed by atoms with Crippen LogP contribution in [-0.2, 0) is 16.7 Å². The highest BCUT2D eigenvalue weighted by molar-refractivity contribution is 5.89. The summed E-state index contributed by atoms with van der Waals surface area (Å²) in [6.07, 6.45) is -28.0. The SMILES string of the molecule is CC(C)Oc1cc([C@](Cc2ccc(C(=O)OC[C@@H](O)CC(F)(F)F)cc2)(NC[C@@H](O)CC(F)(F)F)c2cc(F)cc(OC(F)(F)C(F)F)c2)ccc1F. The van der Waals surface area contributed by atoms with Crippen LogP contribution in [0.4, 0.5) is 52.7 Å². The van der Waals surface area contributed by atoms with E-state index in [4.69, 9.17) is 9.47 Å². The van der Waals surface area contributed by atoms with Crippen LogP contribution in [0, 0.1) is 11.6 Å². The lowest BCUT2D eigenvalue weighted by Gasteiger charge is -2.38. The Labute approximate surface area is 294 Å². The van der Waals surface area contributed by atoms with Gasteiger partial charge in [0.15, 0.2) is 11.6 Å². The average molecular weight is 780 g/mol. The van der Waals surface area contributed by atoms with E-state index in [0.29, 0.717) is 18.2 Å². The molecule has 3 aromatic rings. The predicted octanol–water partition coefficient (Wildman–Crippen LogP) is 7.85. The average Bonchev–Trinajstić information content (AvgIpc) is 3.01. The monoisotopic (exact) mass is 779 g/mol. The molecule has 294 valence electrons. The van der Waals surface area contributed by atoms with Crippen LogP contribution >= 0.6 is 0 Å². The zero-order chi connectivity index (χ0) is 39.9. The van der Waals surface area contributed by atoms with Gasteiger partial charge in [-0.2, -0.15) is 43.9 Å². The largest absolute Gasteiger partial charge is 0.488 e. The fourth-order valence-electron chi connectivity index (χ4n) is 5.10. The van der Waals surface area contributed by atoms with Gasteiger partial charge in [0.1, 0.15) is 18.2 Å². The van der Waals surface area contributed by atoms with Gasteiger partial charge in [0.05, 0.1) is 42.3 Å². The number of halogens is 12. The summed E-state index contributed by atoms with van der Waals surface area (Å²) in [5.74, 6) is -5.03. The first-order chi connectivity index (χ1) is 24.4. The minimum absolute atomic E-state index is 0.122. The summed E-state index contributed by atoms with van der Waals surface area (Å²) in [6, 6.07) is 9.30. The summed E-state index contributed by atoms with van der Waals surface area (Å²) in [7, 11) is 0. The van der Waals surface area contributed by atoms with Crippen molar-refractivity contribution < 1.29 is 81.9 Å². The number of ether oxygens (including phenoxy) is 3. The van der Waals surface area contributed by atoms with E-state index in [2.05, 4.69) is 10.1 Å². The third kappa shape index (κ3) is 13.0. The molecule has 3 rings (SSSR count). The van der Waals surface area contributed by atoms with Crippen molar-refractivity contribution in [2.75, 3.05) is 13.2 Å². The van der Waals surface area contributed by atoms with Gasteiger partial charge in [-0.15, -0.1) is 0 Å².